The minimum atomic E-state index is -0.505. The standard InChI is InChI=1S/C17H17FN2O3/c1-12(21)19-15-8-7-13(18)11-16(15)20-17(22)9-10-23-14-5-3-2-4-6-14/h2-8,11H,9-10H2,1H3,(H,19,21)(H,20,22). The van der Waals surface area contributed by atoms with Gasteiger partial charge in [-0.05, 0) is 30.3 Å². The molecule has 0 atom stereocenters. The van der Waals surface area contributed by atoms with Gasteiger partial charge in [-0.15, -0.1) is 0 Å². The van der Waals surface area contributed by atoms with Crippen molar-refractivity contribution in [1.82, 2.24) is 0 Å². The van der Waals surface area contributed by atoms with Gasteiger partial charge in [-0.2, -0.15) is 0 Å². The van der Waals surface area contributed by atoms with Crippen LogP contribution in [0, 0.1) is 5.82 Å². The Morgan fingerprint density at radius 2 is 1.78 bits per heavy atom. The second kappa shape index (κ2) is 7.93. The van der Waals surface area contributed by atoms with Gasteiger partial charge in [-0.25, -0.2) is 4.39 Å². The molecule has 2 N–H and O–H groups in total. The highest BCUT2D eigenvalue weighted by atomic mass is 19.1. The van der Waals surface area contributed by atoms with E-state index >= 15 is 0 Å². The van der Waals surface area contributed by atoms with Gasteiger partial charge in [-0.1, -0.05) is 18.2 Å². The van der Waals surface area contributed by atoms with Crippen molar-refractivity contribution in [2.75, 3.05) is 17.2 Å². The lowest BCUT2D eigenvalue weighted by atomic mass is 10.2. The van der Waals surface area contributed by atoms with Crippen molar-refractivity contribution < 1.29 is 18.7 Å². The number of ether oxygens (including phenoxy) is 1. The summed E-state index contributed by atoms with van der Waals surface area (Å²) < 4.78 is 18.7. The number of benzene rings is 2. The number of amides is 2. The summed E-state index contributed by atoms with van der Waals surface area (Å²) in [4.78, 5) is 23.1. The number of carbonyl (C=O) groups is 2. The molecular formula is C17H17FN2O3. The molecule has 0 radical (unpaired) electrons. The van der Waals surface area contributed by atoms with Crippen molar-refractivity contribution >= 4 is 23.2 Å². The monoisotopic (exact) mass is 316 g/mol. The predicted octanol–water partition coefficient (Wildman–Crippen LogP) is 3.19. The van der Waals surface area contributed by atoms with Crippen molar-refractivity contribution in [2.24, 2.45) is 0 Å². The van der Waals surface area contributed by atoms with Crippen molar-refractivity contribution in [3.05, 3.63) is 54.3 Å². The molecule has 0 fully saturated rings. The Morgan fingerprint density at radius 1 is 1.04 bits per heavy atom. The second-order valence-corrected chi connectivity index (χ2v) is 4.83. The molecule has 2 aromatic carbocycles. The molecule has 2 rings (SSSR count). The van der Waals surface area contributed by atoms with Crippen LogP contribution in [-0.2, 0) is 9.59 Å². The largest absolute Gasteiger partial charge is 0.493 e. The average molecular weight is 316 g/mol. The minimum Gasteiger partial charge on any atom is -0.493 e. The quantitative estimate of drug-likeness (QED) is 0.860. The van der Waals surface area contributed by atoms with Crippen LogP contribution in [0.1, 0.15) is 13.3 Å². The molecule has 0 aliphatic carbocycles. The number of rotatable bonds is 6. The van der Waals surface area contributed by atoms with Crippen molar-refractivity contribution in [1.29, 1.82) is 0 Å². The summed E-state index contributed by atoms with van der Waals surface area (Å²) in [5.74, 6) is -0.474. The van der Waals surface area contributed by atoms with Gasteiger partial charge in [0.05, 0.1) is 24.4 Å². The molecule has 23 heavy (non-hydrogen) atoms. The molecule has 0 saturated heterocycles. The van der Waals surface area contributed by atoms with Gasteiger partial charge in [0.25, 0.3) is 0 Å². The van der Waals surface area contributed by atoms with Crippen LogP contribution in [0.2, 0.25) is 0 Å². The van der Waals surface area contributed by atoms with Gasteiger partial charge in [0, 0.05) is 6.92 Å². The molecule has 0 aliphatic heterocycles. The summed E-state index contributed by atoms with van der Waals surface area (Å²) >= 11 is 0. The Bertz CT molecular complexity index is 689. The van der Waals surface area contributed by atoms with Crippen molar-refractivity contribution in [2.45, 2.75) is 13.3 Å². The van der Waals surface area contributed by atoms with E-state index in [0.717, 1.165) is 6.07 Å². The van der Waals surface area contributed by atoms with Gasteiger partial charge in [0.2, 0.25) is 11.8 Å². The summed E-state index contributed by atoms with van der Waals surface area (Å²) in [7, 11) is 0. The van der Waals surface area contributed by atoms with Crippen LogP contribution in [0.4, 0.5) is 15.8 Å². The van der Waals surface area contributed by atoms with Gasteiger partial charge in [-0.3, -0.25) is 9.59 Å². The van der Waals surface area contributed by atoms with Crippen LogP contribution in [-0.4, -0.2) is 18.4 Å². The van der Waals surface area contributed by atoms with Crippen molar-refractivity contribution in [3.63, 3.8) is 0 Å². The Labute approximate surface area is 133 Å². The Hall–Kier alpha value is -2.89. The van der Waals surface area contributed by atoms with Crippen LogP contribution in [0.3, 0.4) is 0 Å². The molecule has 0 spiro atoms. The van der Waals surface area contributed by atoms with E-state index in [1.54, 1.807) is 12.1 Å². The first kappa shape index (κ1) is 16.5. The first-order chi connectivity index (χ1) is 11.0. The number of hydrogen-bond donors (Lipinski definition) is 2. The molecule has 0 saturated carbocycles. The van der Waals surface area contributed by atoms with Gasteiger partial charge >= 0.3 is 0 Å². The summed E-state index contributed by atoms with van der Waals surface area (Å²) in [6, 6.07) is 12.9. The molecule has 0 aromatic heterocycles. The highest BCUT2D eigenvalue weighted by Crippen LogP contribution is 2.23. The molecule has 6 heteroatoms. The second-order valence-electron chi connectivity index (χ2n) is 4.83. The zero-order valence-electron chi connectivity index (χ0n) is 12.6. The van der Waals surface area contributed by atoms with Crippen LogP contribution in [0.15, 0.2) is 48.5 Å². The van der Waals surface area contributed by atoms with Gasteiger partial charge in [0.15, 0.2) is 0 Å². The van der Waals surface area contributed by atoms with Crippen LogP contribution < -0.4 is 15.4 Å². The lowest BCUT2D eigenvalue weighted by Gasteiger charge is -2.12. The fourth-order valence-corrected chi connectivity index (χ4v) is 1.91. The van der Waals surface area contributed by atoms with E-state index in [1.807, 2.05) is 18.2 Å². The number of halogens is 1. The van der Waals surface area contributed by atoms with Crippen LogP contribution in [0.25, 0.3) is 0 Å². The fraction of sp³-hybridized carbons (Fsp3) is 0.176. The molecule has 0 aliphatic rings. The summed E-state index contributed by atoms with van der Waals surface area (Å²) in [5.41, 5.74) is 0.557. The highest BCUT2D eigenvalue weighted by Gasteiger charge is 2.09. The van der Waals surface area contributed by atoms with E-state index in [4.69, 9.17) is 4.74 Å². The first-order valence-electron chi connectivity index (χ1n) is 7.09. The zero-order chi connectivity index (χ0) is 16.7. The maximum absolute atomic E-state index is 13.3. The molecule has 0 bridgehead atoms. The SMILES string of the molecule is CC(=O)Nc1ccc(F)cc1NC(=O)CCOc1ccccc1. The van der Waals surface area contributed by atoms with E-state index in [1.165, 1.54) is 19.1 Å². The maximum atomic E-state index is 13.3. The Morgan fingerprint density at radius 3 is 2.48 bits per heavy atom. The van der Waals surface area contributed by atoms with Crippen molar-refractivity contribution in [3.8, 4) is 5.75 Å². The third-order valence-electron chi connectivity index (χ3n) is 2.91. The number of carbonyl (C=O) groups excluding carboxylic acids is 2. The van der Waals surface area contributed by atoms with E-state index < -0.39 is 5.82 Å². The molecular weight excluding hydrogens is 299 g/mol. The average Bonchev–Trinajstić information content (AvgIpc) is 2.51. The van der Waals surface area contributed by atoms with Crippen LogP contribution in [0.5, 0.6) is 5.75 Å². The third-order valence-corrected chi connectivity index (χ3v) is 2.91. The van der Waals surface area contributed by atoms with E-state index in [2.05, 4.69) is 10.6 Å². The summed E-state index contributed by atoms with van der Waals surface area (Å²) in [6.07, 6.45) is 0.102. The number of hydrogen-bond acceptors (Lipinski definition) is 3. The Kier molecular flexibility index (Phi) is 5.68. The third kappa shape index (κ3) is 5.43. The number of para-hydroxylation sites is 1. The molecule has 0 heterocycles. The maximum Gasteiger partial charge on any atom is 0.227 e. The predicted molar refractivity (Wildman–Crippen MR) is 85.9 cm³/mol. The molecule has 2 amide bonds. The lowest BCUT2D eigenvalue weighted by Crippen LogP contribution is -2.17. The summed E-state index contributed by atoms with van der Waals surface area (Å²) in [6.45, 7) is 1.53. The number of anilines is 2. The van der Waals surface area contributed by atoms with Gasteiger partial charge in [0.1, 0.15) is 11.6 Å². The molecule has 120 valence electrons. The molecule has 5 nitrogen and oxygen atoms in total. The highest BCUT2D eigenvalue weighted by molar-refractivity contribution is 5.98. The van der Waals surface area contributed by atoms with E-state index in [0.29, 0.717) is 11.4 Å². The topological polar surface area (TPSA) is 67.4 Å². The molecule has 2 aromatic rings. The fourth-order valence-electron chi connectivity index (χ4n) is 1.91. The lowest BCUT2D eigenvalue weighted by molar-refractivity contribution is -0.117. The zero-order valence-corrected chi connectivity index (χ0v) is 12.6. The normalized spacial score (nSPS) is 10.0. The first-order valence-corrected chi connectivity index (χ1v) is 7.09. The summed E-state index contributed by atoms with van der Waals surface area (Å²) in [5, 5.41) is 5.11. The van der Waals surface area contributed by atoms with E-state index in [9.17, 15) is 14.0 Å². The van der Waals surface area contributed by atoms with Gasteiger partial charge < -0.3 is 15.4 Å². The minimum absolute atomic E-state index is 0.102. The number of nitrogens with one attached hydrogen (secondary N) is 2. The molecule has 0 unspecified atom stereocenters. The smallest absolute Gasteiger partial charge is 0.227 e. The van der Waals surface area contributed by atoms with Crippen LogP contribution >= 0.6 is 0 Å². The van der Waals surface area contributed by atoms with E-state index in [-0.39, 0.29) is 30.5 Å². The Balaban J connectivity index is 1.91.